The fraction of sp³-hybridized carbons (Fsp3) is 0.0526. The van der Waals surface area contributed by atoms with Gasteiger partial charge in [-0.15, -0.1) is 0 Å². The molecule has 0 N–H and O–H groups in total. The molecule has 2 aromatic heterocycles. The van der Waals surface area contributed by atoms with E-state index in [2.05, 4.69) is 15.0 Å². The smallest absolute Gasteiger partial charge is 0.338 e. The van der Waals surface area contributed by atoms with Crippen molar-refractivity contribution in [3.63, 3.8) is 0 Å². The molecule has 27 heavy (non-hydrogen) atoms. The Morgan fingerprint density at radius 2 is 1.89 bits per heavy atom. The van der Waals surface area contributed by atoms with E-state index >= 15 is 0 Å². The molecule has 0 aliphatic heterocycles. The van der Waals surface area contributed by atoms with Gasteiger partial charge >= 0.3 is 5.97 Å². The van der Waals surface area contributed by atoms with E-state index in [1.807, 2.05) is 0 Å². The highest BCUT2D eigenvalue weighted by molar-refractivity contribution is 6.35. The molecule has 0 saturated heterocycles. The van der Waals surface area contributed by atoms with Gasteiger partial charge < -0.3 is 9.15 Å². The van der Waals surface area contributed by atoms with E-state index < -0.39 is 5.97 Å². The number of hydrogen-bond donors (Lipinski definition) is 0. The molecule has 6 nitrogen and oxygen atoms in total. The third-order valence-corrected chi connectivity index (χ3v) is 4.14. The summed E-state index contributed by atoms with van der Waals surface area (Å²) in [6.45, 7) is 0.0351. The molecule has 0 fully saturated rings. The third kappa shape index (κ3) is 3.92. The number of fused-ring (bicyclic) bond motifs is 1. The maximum Gasteiger partial charge on any atom is 0.338 e. The molecule has 4 aromatic rings. The van der Waals surface area contributed by atoms with Crippen LogP contribution in [-0.2, 0) is 11.3 Å². The van der Waals surface area contributed by atoms with E-state index in [9.17, 15) is 4.79 Å². The van der Waals surface area contributed by atoms with Crippen LogP contribution in [0.15, 0.2) is 59.4 Å². The number of carbonyl (C=O) groups excluding carboxylic acids is 1. The number of carbonyl (C=O) groups is 1. The SMILES string of the molecule is O=C(OCc1cnccn1)c1ccc2nc(-c3cc(Cl)cc(Cl)c3)oc2c1. The van der Waals surface area contributed by atoms with Gasteiger partial charge in [0.05, 0.1) is 17.5 Å². The van der Waals surface area contributed by atoms with Crippen molar-refractivity contribution in [2.45, 2.75) is 6.61 Å². The highest BCUT2D eigenvalue weighted by Crippen LogP contribution is 2.29. The lowest BCUT2D eigenvalue weighted by atomic mass is 10.2. The largest absolute Gasteiger partial charge is 0.456 e. The zero-order chi connectivity index (χ0) is 18.8. The van der Waals surface area contributed by atoms with Gasteiger partial charge in [0.15, 0.2) is 5.58 Å². The monoisotopic (exact) mass is 399 g/mol. The number of ether oxygens (including phenoxy) is 1. The van der Waals surface area contributed by atoms with Gasteiger partial charge in [0, 0.05) is 28.0 Å². The third-order valence-electron chi connectivity index (χ3n) is 3.70. The first-order chi connectivity index (χ1) is 13.1. The Hall–Kier alpha value is -2.96. The summed E-state index contributed by atoms with van der Waals surface area (Å²) in [5.41, 5.74) is 2.61. The van der Waals surface area contributed by atoms with Crippen molar-refractivity contribution < 1.29 is 13.9 Å². The molecule has 2 aromatic carbocycles. The van der Waals surface area contributed by atoms with Crippen LogP contribution in [0.1, 0.15) is 16.1 Å². The first kappa shape index (κ1) is 17.5. The summed E-state index contributed by atoms with van der Waals surface area (Å²) in [7, 11) is 0. The highest BCUT2D eigenvalue weighted by atomic mass is 35.5. The summed E-state index contributed by atoms with van der Waals surface area (Å²) in [5, 5.41) is 0.959. The van der Waals surface area contributed by atoms with Crippen LogP contribution in [0.3, 0.4) is 0 Å². The van der Waals surface area contributed by atoms with E-state index in [0.717, 1.165) is 0 Å². The summed E-state index contributed by atoms with van der Waals surface area (Å²) in [6.07, 6.45) is 4.62. The molecule has 134 valence electrons. The van der Waals surface area contributed by atoms with Gasteiger partial charge in [0.25, 0.3) is 0 Å². The maximum absolute atomic E-state index is 12.3. The van der Waals surface area contributed by atoms with Gasteiger partial charge in [-0.2, -0.15) is 0 Å². The lowest BCUT2D eigenvalue weighted by Crippen LogP contribution is -2.06. The van der Waals surface area contributed by atoms with Crippen LogP contribution in [0.2, 0.25) is 10.0 Å². The summed E-state index contributed by atoms with van der Waals surface area (Å²) in [5.74, 6) is -0.134. The number of rotatable bonds is 4. The second-order valence-corrected chi connectivity index (χ2v) is 6.51. The molecule has 0 unspecified atom stereocenters. The lowest BCUT2D eigenvalue weighted by molar-refractivity contribution is 0.0467. The first-order valence-corrected chi connectivity index (χ1v) is 8.63. The van der Waals surface area contributed by atoms with Gasteiger partial charge in [-0.05, 0) is 36.4 Å². The van der Waals surface area contributed by atoms with Crippen LogP contribution in [0.5, 0.6) is 0 Å². The molecule has 0 amide bonds. The summed E-state index contributed by atoms with van der Waals surface area (Å²) >= 11 is 12.1. The molecular formula is C19H11Cl2N3O3. The summed E-state index contributed by atoms with van der Waals surface area (Å²) in [4.78, 5) is 24.6. The molecule has 0 atom stereocenters. The fourth-order valence-corrected chi connectivity index (χ4v) is 3.01. The van der Waals surface area contributed by atoms with Crippen molar-refractivity contribution in [1.29, 1.82) is 0 Å². The Balaban J connectivity index is 1.58. The van der Waals surface area contributed by atoms with Crippen LogP contribution in [0.4, 0.5) is 0 Å². The van der Waals surface area contributed by atoms with Crippen LogP contribution in [-0.4, -0.2) is 20.9 Å². The molecule has 0 spiro atoms. The molecule has 8 heteroatoms. The van der Waals surface area contributed by atoms with Crippen LogP contribution in [0.25, 0.3) is 22.6 Å². The molecule has 0 aliphatic carbocycles. The molecule has 4 rings (SSSR count). The predicted molar refractivity (Wildman–Crippen MR) is 101 cm³/mol. The zero-order valence-corrected chi connectivity index (χ0v) is 15.2. The van der Waals surface area contributed by atoms with Gasteiger partial charge in [-0.3, -0.25) is 9.97 Å². The van der Waals surface area contributed by atoms with Crippen molar-refractivity contribution in [3.8, 4) is 11.5 Å². The molecule has 0 aliphatic rings. The minimum atomic E-state index is -0.494. The second kappa shape index (κ2) is 7.34. The van der Waals surface area contributed by atoms with E-state index in [1.165, 1.54) is 12.4 Å². The number of esters is 1. The number of hydrogen-bond acceptors (Lipinski definition) is 6. The summed E-state index contributed by atoms with van der Waals surface area (Å²) < 4.78 is 11.0. The zero-order valence-electron chi connectivity index (χ0n) is 13.7. The van der Waals surface area contributed by atoms with Gasteiger partial charge in [0.2, 0.25) is 5.89 Å². The van der Waals surface area contributed by atoms with Gasteiger partial charge in [-0.1, -0.05) is 23.2 Å². The Kier molecular flexibility index (Phi) is 4.75. The molecule has 0 saturated carbocycles. The molecule has 0 bridgehead atoms. The number of aromatic nitrogens is 3. The van der Waals surface area contributed by atoms with Crippen molar-refractivity contribution in [1.82, 2.24) is 15.0 Å². The number of oxazole rings is 1. The first-order valence-electron chi connectivity index (χ1n) is 7.87. The Labute approximate surface area is 163 Å². The highest BCUT2D eigenvalue weighted by Gasteiger charge is 2.14. The maximum atomic E-state index is 12.3. The number of nitrogens with zero attached hydrogens (tertiary/aromatic N) is 3. The van der Waals surface area contributed by atoms with E-state index in [-0.39, 0.29) is 6.61 Å². The van der Waals surface area contributed by atoms with Crippen LogP contribution < -0.4 is 0 Å². The fourth-order valence-electron chi connectivity index (χ4n) is 2.48. The average Bonchev–Trinajstić information content (AvgIpc) is 3.09. The topological polar surface area (TPSA) is 78.1 Å². The summed E-state index contributed by atoms with van der Waals surface area (Å²) in [6, 6.07) is 9.92. The molecular weight excluding hydrogens is 389 g/mol. The van der Waals surface area contributed by atoms with E-state index in [4.69, 9.17) is 32.4 Å². The normalized spacial score (nSPS) is 10.9. The van der Waals surface area contributed by atoms with Crippen molar-refractivity contribution >= 4 is 40.3 Å². The quantitative estimate of drug-likeness (QED) is 0.451. The van der Waals surface area contributed by atoms with E-state index in [1.54, 1.807) is 42.6 Å². The van der Waals surface area contributed by atoms with Crippen LogP contribution in [0, 0.1) is 0 Å². The predicted octanol–water partition coefficient (Wildman–Crippen LogP) is 4.95. The van der Waals surface area contributed by atoms with E-state index in [0.29, 0.717) is 43.9 Å². The molecule has 0 radical (unpaired) electrons. The van der Waals surface area contributed by atoms with Crippen LogP contribution >= 0.6 is 23.2 Å². The number of benzene rings is 2. The van der Waals surface area contributed by atoms with Crippen molar-refractivity contribution in [2.75, 3.05) is 0 Å². The Bertz CT molecular complexity index is 1110. The minimum absolute atomic E-state index is 0.0351. The van der Waals surface area contributed by atoms with Gasteiger partial charge in [0.1, 0.15) is 12.1 Å². The average molecular weight is 400 g/mol. The standard InChI is InChI=1S/C19H11Cl2N3O3/c20-13-5-12(6-14(21)8-13)18-24-16-2-1-11(7-17(16)27-18)19(25)26-10-15-9-22-3-4-23-15/h1-9H,10H2. The molecule has 2 heterocycles. The minimum Gasteiger partial charge on any atom is -0.456 e. The Morgan fingerprint density at radius 3 is 2.63 bits per heavy atom. The van der Waals surface area contributed by atoms with Crippen molar-refractivity contribution in [3.05, 3.63) is 76.3 Å². The lowest BCUT2D eigenvalue weighted by Gasteiger charge is -2.03. The second-order valence-electron chi connectivity index (χ2n) is 5.63. The van der Waals surface area contributed by atoms with Crippen molar-refractivity contribution in [2.24, 2.45) is 0 Å². The number of halogens is 2. The Morgan fingerprint density at radius 1 is 1.07 bits per heavy atom. The van der Waals surface area contributed by atoms with Gasteiger partial charge in [-0.25, -0.2) is 9.78 Å².